The van der Waals surface area contributed by atoms with Crippen molar-refractivity contribution in [3.63, 3.8) is 0 Å². The van der Waals surface area contributed by atoms with Crippen molar-refractivity contribution >= 4 is 0 Å². The zero-order valence-electron chi connectivity index (χ0n) is 10.3. The number of rotatable bonds is 2. The van der Waals surface area contributed by atoms with E-state index in [1.807, 2.05) is 0 Å². The molecule has 6 heteroatoms. The summed E-state index contributed by atoms with van der Waals surface area (Å²) in [6.45, 7) is 0. The first-order valence-corrected chi connectivity index (χ1v) is 6.33. The number of nitrogens with zero attached hydrogens (tertiary/aromatic N) is 3. The van der Waals surface area contributed by atoms with Crippen LogP contribution in [0.25, 0.3) is 5.69 Å². The zero-order valence-corrected chi connectivity index (χ0v) is 10.3. The van der Waals surface area contributed by atoms with Gasteiger partial charge in [-0.15, -0.1) is 0 Å². The molecule has 3 rings (SSSR count). The van der Waals surface area contributed by atoms with Crippen LogP contribution in [-0.4, -0.2) is 30.3 Å². The van der Waals surface area contributed by atoms with Gasteiger partial charge in [0.05, 0.1) is 0 Å². The van der Waals surface area contributed by atoms with E-state index in [1.54, 1.807) is 6.07 Å². The van der Waals surface area contributed by atoms with Crippen molar-refractivity contribution < 1.29 is 15.3 Å². The summed E-state index contributed by atoms with van der Waals surface area (Å²) in [7, 11) is 0. The number of phenolic OH excluding ortho intramolecular Hbond substituents is 2. The SMILES string of the molecule is Oc1ccc(-n2nnc(O)c2C2CCCC2)c(O)c1. The van der Waals surface area contributed by atoms with Gasteiger partial charge in [0, 0.05) is 12.0 Å². The Morgan fingerprint density at radius 2 is 1.84 bits per heavy atom. The van der Waals surface area contributed by atoms with Gasteiger partial charge in [-0.1, -0.05) is 23.2 Å². The molecule has 1 aromatic carbocycles. The van der Waals surface area contributed by atoms with Crippen LogP contribution in [0.15, 0.2) is 18.2 Å². The Morgan fingerprint density at radius 1 is 1.11 bits per heavy atom. The van der Waals surface area contributed by atoms with Crippen LogP contribution in [0.2, 0.25) is 0 Å². The normalized spacial score (nSPS) is 16.0. The summed E-state index contributed by atoms with van der Waals surface area (Å²) in [5, 5.41) is 36.7. The first-order valence-electron chi connectivity index (χ1n) is 6.33. The van der Waals surface area contributed by atoms with E-state index in [9.17, 15) is 15.3 Å². The summed E-state index contributed by atoms with van der Waals surface area (Å²) in [5.41, 5.74) is 1.05. The molecule has 1 aliphatic carbocycles. The van der Waals surface area contributed by atoms with Gasteiger partial charge in [-0.25, -0.2) is 4.68 Å². The van der Waals surface area contributed by atoms with Gasteiger partial charge in [0.2, 0.25) is 0 Å². The van der Waals surface area contributed by atoms with E-state index in [4.69, 9.17) is 0 Å². The minimum absolute atomic E-state index is 0.0204. The first-order chi connectivity index (χ1) is 9.16. The Kier molecular flexibility index (Phi) is 2.77. The lowest BCUT2D eigenvalue weighted by molar-refractivity contribution is 0.438. The van der Waals surface area contributed by atoms with Crippen molar-refractivity contribution in [2.24, 2.45) is 0 Å². The van der Waals surface area contributed by atoms with Crippen LogP contribution in [0.1, 0.15) is 37.3 Å². The standard InChI is InChI=1S/C13H15N3O3/c17-9-5-6-10(11(18)7-9)16-12(13(19)14-15-16)8-3-1-2-4-8/h5-8,17-19H,1-4H2. The Morgan fingerprint density at radius 3 is 2.53 bits per heavy atom. The summed E-state index contributed by atoms with van der Waals surface area (Å²) in [5.74, 6) is 0.0136. The molecule has 0 unspecified atom stereocenters. The van der Waals surface area contributed by atoms with Crippen LogP contribution < -0.4 is 0 Å². The molecule has 0 aliphatic heterocycles. The second kappa shape index (κ2) is 4.46. The highest BCUT2D eigenvalue weighted by atomic mass is 16.3. The molecule has 1 aromatic heterocycles. The van der Waals surface area contributed by atoms with Crippen LogP contribution in [0.4, 0.5) is 0 Å². The van der Waals surface area contributed by atoms with E-state index < -0.39 is 0 Å². The molecule has 6 nitrogen and oxygen atoms in total. The van der Waals surface area contributed by atoms with Crippen molar-refractivity contribution in [1.29, 1.82) is 0 Å². The Labute approximate surface area is 109 Å². The van der Waals surface area contributed by atoms with Crippen molar-refractivity contribution in [1.82, 2.24) is 15.0 Å². The third-order valence-corrected chi connectivity index (χ3v) is 3.62. The summed E-state index contributed by atoms with van der Waals surface area (Å²) < 4.78 is 1.46. The van der Waals surface area contributed by atoms with E-state index in [0.717, 1.165) is 25.7 Å². The molecule has 100 valence electrons. The lowest BCUT2D eigenvalue weighted by Gasteiger charge is -2.12. The third kappa shape index (κ3) is 1.99. The minimum atomic E-state index is -0.0934. The zero-order chi connectivity index (χ0) is 13.4. The fraction of sp³-hybridized carbons (Fsp3) is 0.385. The number of hydrogen-bond donors (Lipinski definition) is 3. The van der Waals surface area contributed by atoms with Crippen molar-refractivity contribution in [3.05, 3.63) is 23.9 Å². The molecule has 0 atom stereocenters. The molecular weight excluding hydrogens is 246 g/mol. The van der Waals surface area contributed by atoms with Crippen LogP contribution in [0, 0.1) is 0 Å². The highest BCUT2D eigenvalue weighted by Crippen LogP contribution is 2.39. The number of aromatic hydroxyl groups is 3. The van der Waals surface area contributed by atoms with Gasteiger partial charge in [0.15, 0.2) is 0 Å². The molecule has 0 radical (unpaired) electrons. The van der Waals surface area contributed by atoms with E-state index in [-0.39, 0.29) is 23.3 Å². The topological polar surface area (TPSA) is 91.4 Å². The van der Waals surface area contributed by atoms with Gasteiger partial charge in [-0.3, -0.25) is 0 Å². The summed E-state index contributed by atoms with van der Waals surface area (Å²) in [4.78, 5) is 0. The fourth-order valence-corrected chi connectivity index (χ4v) is 2.70. The Hall–Kier alpha value is -2.24. The molecule has 3 N–H and O–H groups in total. The number of hydrogen-bond acceptors (Lipinski definition) is 5. The second-order valence-corrected chi connectivity index (χ2v) is 4.86. The van der Waals surface area contributed by atoms with Gasteiger partial charge < -0.3 is 15.3 Å². The molecule has 0 saturated heterocycles. The molecule has 1 saturated carbocycles. The largest absolute Gasteiger partial charge is 0.508 e. The molecule has 19 heavy (non-hydrogen) atoms. The van der Waals surface area contributed by atoms with Crippen molar-refractivity contribution in [2.45, 2.75) is 31.6 Å². The van der Waals surface area contributed by atoms with Crippen molar-refractivity contribution in [3.8, 4) is 23.1 Å². The molecule has 2 aromatic rings. The average molecular weight is 261 g/mol. The number of phenols is 2. The lowest BCUT2D eigenvalue weighted by atomic mass is 10.0. The Balaban J connectivity index is 2.09. The van der Waals surface area contributed by atoms with Gasteiger partial charge in [-0.2, -0.15) is 0 Å². The predicted octanol–water partition coefficient (Wildman–Crippen LogP) is 2.04. The maximum absolute atomic E-state index is 9.89. The molecule has 0 spiro atoms. The van der Waals surface area contributed by atoms with E-state index in [1.165, 1.54) is 16.8 Å². The maximum Gasteiger partial charge on any atom is 0.255 e. The van der Waals surface area contributed by atoms with Crippen LogP contribution >= 0.6 is 0 Å². The molecule has 0 bridgehead atoms. The van der Waals surface area contributed by atoms with Gasteiger partial charge >= 0.3 is 0 Å². The fourth-order valence-electron chi connectivity index (χ4n) is 2.70. The van der Waals surface area contributed by atoms with E-state index in [0.29, 0.717) is 11.4 Å². The van der Waals surface area contributed by atoms with E-state index >= 15 is 0 Å². The molecule has 1 aliphatic rings. The van der Waals surface area contributed by atoms with Crippen LogP contribution in [0.3, 0.4) is 0 Å². The highest BCUT2D eigenvalue weighted by molar-refractivity contribution is 5.50. The second-order valence-electron chi connectivity index (χ2n) is 4.86. The number of aromatic nitrogens is 3. The van der Waals surface area contributed by atoms with Crippen molar-refractivity contribution in [2.75, 3.05) is 0 Å². The minimum Gasteiger partial charge on any atom is -0.508 e. The molecule has 1 heterocycles. The van der Waals surface area contributed by atoms with Crippen LogP contribution in [0.5, 0.6) is 17.4 Å². The quantitative estimate of drug-likeness (QED) is 0.769. The Bertz CT molecular complexity index is 603. The van der Waals surface area contributed by atoms with Gasteiger partial charge in [0.1, 0.15) is 22.9 Å². The maximum atomic E-state index is 9.89. The summed E-state index contributed by atoms with van der Waals surface area (Å²) >= 11 is 0. The van der Waals surface area contributed by atoms with E-state index in [2.05, 4.69) is 10.3 Å². The summed E-state index contributed by atoms with van der Waals surface area (Å²) in [6.07, 6.45) is 4.22. The van der Waals surface area contributed by atoms with Gasteiger partial charge in [-0.05, 0) is 25.0 Å². The molecule has 1 fully saturated rings. The first kappa shape index (κ1) is 11.8. The highest BCUT2D eigenvalue weighted by Gasteiger charge is 2.27. The average Bonchev–Trinajstić information content (AvgIpc) is 2.98. The third-order valence-electron chi connectivity index (χ3n) is 3.62. The summed E-state index contributed by atoms with van der Waals surface area (Å²) in [6, 6.07) is 4.26. The van der Waals surface area contributed by atoms with Crippen LogP contribution in [-0.2, 0) is 0 Å². The molecular formula is C13H15N3O3. The lowest BCUT2D eigenvalue weighted by Crippen LogP contribution is -2.06. The monoisotopic (exact) mass is 261 g/mol. The smallest absolute Gasteiger partial charge is 0.255 e. The molecule has 0 amide bonds. The number of benzene rings is 1. The van der Waals surface area contributed by atoms with Gasteiger partial charge in [0.25, 0.3) is 5.88 Å². The predicted molar refractivity (Wildman–Crippen MR) is 67.6 cm³/mol.